The maximum absolute atomic E-state index is 6.82. The first-order chi connectivity index (χ1) is 24.3. The van der Waals surface area contributed by atoms with Crippen LogP contribution in [-0.4, -0.2) is 0 Å². The summed E-state index contributed by atoms with van der Waals surface area (Å²) in [5, 5.41) is 6.69. The van der Waals surface area contributed by atoms with Crippen molar-refractivity contribution in [2.45, 2.75) is 0 Å². The first kappa shape index (κ1) is 27.5. The molecule has 0 spiro atoms. The molecule has 0 atom stereocenters. The van der Waals surface area contributed by atoms with Gasteiger partial charge in [0.15, 0.2) is 11.2 Å². The summed E-state index contributed by atoms with van der Waals surface area (Å²) in [7, 11) is 0. The average molecular weight is 628 g/mol. The van der Waals surface area contributed by atoms with Gasteiger partial charge in [-0.25, -0.2) is 0 Å². The van der Waals surface area contributed by atoms with Gasteiger partial charge in [-0.15, -0.1) is 0 Å². The van der Waals surface area contributed by atoms with Crippen LogP contribution in [0.5, 0.6) is 0 Å². The molecule has 0 aliphatic carbocycles. The Labute approximate surface area is 282 Å². The zero-order valence-corrected chi connectivity index (χ0v) is 26.5. The maximum atomic E-state index is 6.82. The SMILES string of the molecule is c1ccc(-c2ccc3cc(N(c4cccc5c4oc4ccccc45)c4ccc(-c5ccccc5)c5c4oc4ccccc45)ccc3c2)cc1. The van der Waals surface area contributed by atoms with E-state index in [4.69, 9.17) is 8.83 Å². The molecule has 3 heteroatoms. The van der Waals surface area contributed by atoms with E-state index in [1.165, 1.54) is 16.5 Å². The minimum Gasteiger partial charge on any atom is -0.454 e. The number of hydrogen-bond donors (Lipinski definition) is 0. The van der Waals surface area contributed by atoms with Crippen LogP contribution in [0.15, 0.2) is 185 Å². The highest BCUT2D eigenvalue weighted by Crippen LogP contribution is 2.48. The van der Waals surface area contributed by atoms with Gasteiger partial charge in [0.2, 0.25) is 0 Å². The number of rotatable bonds is 5. The van der Waals surface area contributed by atoms with E-state index in [1.807, 2.05) is 18.2 Å². The fourth-order valence-electron chi connectivity index (χ4n) is 7.35. The molecular weight excluding hydrogens is 599 g/mol. The second kappa shape index (κ2) is 11.0. The van der Waals surface area contributed by atoms with Gasteiger partial charge >= 0.3 is 0 Å². The topological polar surface area (TPSA) is 29.5 Å². The molecule has 0 saturated heterocycles. The molecule has 230 valence electrons. The van der Waals surface area contributed by atoms with Crippen molar-refractivity contribution in [3.8, 4) is 22.3 Å². The largest absolute Gasteiger partial charge is 0.454 e. The molecule has 0 saturated carbocycles. The molecule has 8 aromatic carbocycles. The summed E-state index contributed by atoms with van der Waals surface area (Å²) < 4.78 is 13.5. The highest BCUT2D eigenvalue weighted by atomic mass is 16.3. The summed E-state index contributed by atoms with van der Waals surface area (Å²) in [5.74, 6) is 0. The van der Waals surface area contributed by atoms with E-state index in [-0.39, 0.29) is 0 Å². The standard InChI is InChI=1S/C46H29NO2/c1-3-12-30(13-4-1)32-22-23-34-29-35(25-24-33(34)28-32)47(40-19-11-18-38-37-16-7-9-20-42(37)48-45(38)40)41-27-26-36(31-14-5-2-6-15-31)44-39-17-8-10-21-43(39)49-46(41)44/h1-29H. The van der Waals surface area contributed by atoms with Gasteiger partial charge in [-0.05, 0) is 75.5 Å². The Bertz CT molecular complexity index is 2830. The minimum atomic E-state index is 0.829. The van der Waals surface area contributed by atoms with Crippen LogP contribution in [-0.2, 0) is 0 Å². The number of para-hydroxylation sites is 3. The number of anilines is 3. The summed E-state index contributed by atoms with van der Waals surface area (Å²) >= 11 is 0. The van der Waals surface area contributed by atoms with Gasteiger partial charge in [-0.1, -0.05) is 133 Å². The fraction of sp³-hybridized carbons (Fsp3) is 0. The van der Waals surface area contributed by atoms with Crippen molar-refractivity contribution in [1.29, 1.82) is 0 Å². The molecular formula is C46H29NO2. The van der Waals surface area contributed by atoms with E-state index >= 15 is 0 Å². The van der Waals surface area contributed by atoms with Gasteiger partial charge in [0.25, 0.3) is 0 Å². The molecule has 0 radical (unpaired) electrons. The van der Waals surface area contributed by atoms with E-state index in [0.717, 1.165) is 77.5 Å². The lowest BCUT2D eigenvalue weighted by atomic mass is 9.97. The van der Waals surface area contributed by atoms with Gasteiger partial charge in [0, 0.05) is 27.2 Å². The smallest absolute Gasteiger partial charge is 0.160 e. The van der Waals surface area contributed by atoms with E-state index < -0.39 is 0 Å². The van der Waals surface area contributed by atoms with Crippen LogP contribution in [0.1, 0.15) is 0 Å². The fourth-order valence-corrected chi connectivity index (χ4v) is 7.35. The zero-order chi connectivity index (χ0) is 32.3. The highest BCUT2D eigenvalue weighted by Gasteiger charge is 2.25. The average Bonchev–Trinajstić information content (AvgIpc) is 3.75. The number of benzene rings is 8. The molecule has 2 heterocycles. The van der Waals surface area contributed by atoms with Crippen LogP contribution in [0.4, 0.5) is 17.1 Å². The van der Waals surface area contributed by atoms with E-state index in [2.05, 4.69) is 163 Å². The van der Waals surface area contributed by atoms with Crippen LogP contribution < -0.4 is 4.90 Å². The molecule has 2 aromatic heterocycles. The third-order valence-electron chi connectivity index (χ3n) is 9.64. The van der Waals surface area contributed by atoms with Crippen LogP contribution in [0.25, 0.3) is 76.9 Å². The second-order valence-corrected chi connectivity index (χ2v) is 12.5. The maximum Gasteiger partial charge on any atom is 0.160 e. The van der Waals surface area contributed by atoms with Crippen molar-refractivity contribution in [2.24, 2.45) is 0 Å². The Kier molecular flexibility index (Phi) is 6.18. The van der Waals surface area contributed by atoms with Crippen LogP contribution in [0.3, 0.4) is 0 Å². The van der Waals surface area contributed by atoms with Crippen molar-refractivity contribution < 1.29 is 8.83 Å². The summed E-state index contributed by atoms with van der Waals surface area (Å²) in [6.07, 6.45) is 0. The van der Waals surface area contributed by atoms with Crippen molar-refractivity contribution in [3.63, 3.8) is 0 Å². The highest BCUT2D eigenvalue weighted by molar-refractivity contribution is 6.18. The van der Waals surface area contributed by atoms with Gasteiger partial charge in [-0.3, -0.25) is 0 Å². The van der Waals surface area contributed by atoms with E-state index in [0.29, 0.717) is 0 Å². The van der Waals surface area contributed by atoms with E-state index in [9.17, 15) is 0 Å². The Balaban J connectivity index is 1.26. The third kappa shape index (κ3) is 4.44. The molecule has 0 amide bonds. The molecule has 10 rings (SSSR count). The van der Waals surface area contributed by atoms with Crippen LogP contribution in [0, 0.1) is 0 Å². The van der Waals surface area contributed by atoms with Crippen molar-refractivity contribution in [1.82, 2.24) is 0 Å². The Hall–Kier alpha value is -6.58. The molecule has 0 bridgehead atoms. The molecule has 0 unspecified atom stereocenters. The number of furan rings is 2. The normalized spacial score (nSPS) is 11.7. The van der Waals surface area contributed by atoms with Gasteiger partial charge in [0.05, 0.1) is 11.4 Å². The van der Waals surface area contributed by atoms with Crippen LogP contribution >= 0.6 is 0 Å². The summed E-state index contributed by atoms with van der Waals surface area (Å²) in [4.78, 5) is 2.30. The summed E-state index contributed by atoms with van der Waals surface area (Å²) in [6.45, 7) is 0. The Morgan fingerprint density at radius 1 is 0.367 bits per heavy atom. The molecule has 0 aliphatic heterocycles. The predicted octanol–water partition coefficient (Wildman–Crippen LogP) is 13.4. The lowest BCUT2D eigenvalue weighted by molar-refractivity contribution is 0.666. The molecule has 0 N–H and O–H groups in total. The predicted molar refractivity (Wildman–Crippen MR) is 204 cm³/mol. The number of hydrogen-bond acceptors (Lipinski definition) is 3. The summed E-state index contributed by atoms with van der Waals surface area (Å²) in [6, 6.07) is 61.9. The molecule has 0 aliphatic rings. The van der Waals surface area contributed by atoms with Crippen molar-refractivity contribution in [3.05, 3.63) is 176 Å². The van der Waals surface area contributed by atoms with E-state index in [1.54, 1.807) is 0 Å². The number of nitrogens with zero attached hydrogens (tertiary/aromatic N) is 1. The molecule has 3 nitrogen and oxygen atoms in total. The molecule has 10 aromatic rings. The second-order valence-electron chi connectivity index (χ2n) is 12.5. The van der Waals surface area contributed by atoms with Gasteiger partial charge < -0.3 is 13.7 Å². The minimum absolute atomic E-state index is 0.829. The Morgan fingerprint density at radius 3 is 1.80 bits per heavy atom. The van der Waals surface area contributed by atoms with Gasteiger partial charge in [-0.2, -0.15) is 0 Å². The molecule has 49 heavy (non-hydrogen) atoms. The van der Waals surface area contributed by atoms with Crippen LogP contribution in [0.2, 0.25) is 0 Å². The van der Waals surface area contributed by atoms with Gasteiger partial charge in [0.1, 0.15) is 11.2 Å². The lowest BCUT2D eigenvalue weighted by Gasteiger charge is -2.26. The Morgan fingerprint density at radius 2 is 0.980 bits per heavy atom. The first-order valence-electron chi connectivity index (χ1n) is 16.6. The third-order valence-corrected chi connectivity index (χ3v) is 9.64. The van der Waals surface area contributed by atoms with Crippen molar-refractivity contribution >= 4 is 71.7 Å². The van der Waals surface area contributed by atoms with Crippen molar-refractivity contribution in [2.75, 3.05) is 4.90 Å². The number of fused-ring (bicyclic) bond motifs is 7. The quantitative estimate of drug-likeness (QED) is 0.190. The summed E-state index contributed by atoms with van der Waals surface area (Å²) in [5.41, 5.74) is 11.0. The molecule has 0 fully saturated rings. The lowest BCUT2D eigenvalue weighted by Crippen LogP contribution is -2.10. The monoisotopic (exact) mass is 627 g/mol. The zero-order valence-electron chi connectivity index (χ0n) is 26.5. The first-order valence-corrected chi connectivity index (χ1v) is 16.6.